The fourth-order valence-electron chi connectivity index (χ4n) is 1.53. The molecule has 0 N–H and O–H groups in total. The highest BCUT2D eigenvalue weighted by Gasteiger charge is 2.09. The van der Waals surface area contributed by atoms with Crippen LogP contribution in [0.15, 0.2) is 29.5 Å². The third kappa shape index (κ3) is 5.50. The number of allylic oxidation sites excluding steroid dienone is 4. The Labute approximate surface area is 114 Å². The van der Waals surface area contributed by atoms with E-state index < -0.39 is 5.97 Å². The van der Waals surface area contributed by atoms with Gasteiger partial charge in [-0.25, -0.2) is 9.48 Å². The van der Waals surface area contributed by atoms with Gasteiger partial charge in [-0.05, 0) is 33.6 Å². The minimum atomic E-state index is -0.462. The first kappa shape index (κ1) is 15.1. The minimum absolute atomic E-state index is 0.234. The predicted molar refractivity (Wildman–Crippen MR) is 73.8 cm³/mol. The Kier molecular flexibility index (Phi) is 5.99. The molecular weight excluding hydrogens is 242 g/mol. The molecule has 1 rings (SSSR count). The fourth-order valence-corrected chi connectivity index (χ4v) is 1.53. The molecule has 5 heteroatoms. The van der Waals surface area contributed by atoms with Gasteiger partial charge in [-0.1, -0.05) is 28.5 Å². The largest absolute Gasteiger partial charge is 0.464 e. The molecule has 104 valence electrons. The summed E-state index contributed by atoms with van der Waals surface area (Å²) in [7, 11) is 1.33. The third-order valence-corrected chi connectivity index (χ3v) is 2.65. The molecular formula is C14H21N3O2. The maximum Gasteiger partial charge on any atom is 0.360 e. The fraction of sp³-hybridized carbons (Fsp3) is 0.500. The molecule has 0 amide bonds. The molecule has 0 atom stereocenters. The highest BCUT2D eigenvalue weighted by molar-refractivity contribution is 5.86. The van der Waals surface area contributed by atoms with Gasteiger partial charge in [0.15, 0.2) is 5.69 Å². The van der Waals surface area contributed by atoms with Crippen molar-refractivity contribution in [2.45, 2.75) is 40.2 Å². The molecule has 1 heterocycles. The molecule has 0 radical (unpaired) electrons. The minimum Gasteiger partial charge on any atom is -0.464 e. The van der Waals surface area contributed by atoms with E-state index in [0.717, 1.165) is 12.8 Å². The smallest absolute Gasteiger partial charge is 0.360 e. The van der Waals surface area contributed by atoms with Crippen LogP contribution in [-0.2, 0) is 11.3 Å². The second-order valence-electron chi connectivity index (χ2n) is 4.69. The van der Waals surface area contributed by atoms with E-state index in [2.05, 4.69) is 48.0 Å². The lowest BCUT2D eigenvalue weighted by Gasteiger charge is -1.99. The third-order valence-electron chi connectivity index (χ3n) is 2.65. The van der Waals surface area contributed by atoms with Crippen molar-refractivity contribution in [3.8, 4) is 0 Å². The van der Waals surface area contributed by atoms with Crippen LogP contribution < -0.4 is 0 Å². The van der Waals surface area contributed by atoms with Crippen molar-refractivity contribution in [2.24, 2.45) is 0 Å². The normalized spacial score (nSPS) is 11.3. The van der Waals surface area contributed by atoms with Gasteiger partial charge in [-0.3, -0.25) is 0 Å². The summed E-state index contributed by atoms with van der Waals surface area (Å²) < 4.78 is 6.20. The van der Waals surface area contributed by atoms with E-state index in [9.17, 15) is 4.79 Å². The van der Waals surface area contributed by atoms with Crippen LogP contribution in [0.25, 0.3) is 0 Å². The zero-order valence-electron chi connectivity index (χ0n) is 12.0. The average molecular weight is 263 g/mol. The number of ether oxygens (including phenoxy) is 1. The summed E-state index contributed by atoms with van der Waals surface area (Å²) >= 11 is 0. The second-order valence-corrected chi connectivity index (χ2v) is 4.69. The predicted octanol–water partition coefficient (Wildman–Crippen LogP) is 2.76. The summed E-state index contributed by atoms with van der Waals surface area (Å²) in [5, 5.41) is 7.62. The molecule has 0 aliphatic carbocycles. The van der Waals surface area contributed by atoms with Crippen LogP contribution >= 0.6 is 0 Å². The average Bonchev–Trinajstić information content (AvgIpc) is 2.83. The molecule has 0 aromatic carbocycles. The zero-order chi connectivity index (χ0) is 14.3. The van der Waals surface area contributed by atoms with E-state index in [-0.39, 0.29) is 5.69 Å². The number of aromatic nitrogens is 3. The summed E-state index contributed by atoms with van der Waals surface area (Å²) in [6.45, 7) is 6.91. The number of carbonyl (C=O) groups is 1. The van der Waals surface area contributed by atoms with Crippen molar-refractivity contribution >= 4 is 5.97 Å². The summed E-state index contributed by atoms with van der Waals surface area (Å²) in [6, 6.07) is 0. The van der Waals surface area contributed by atoms with Crippen molar-refractivity contribution in [1.82, 2.24) is 15.0 Å². The highest BCUT2D eigenvalue weighted by atomic mass is 16.5. The number of esters is 1. The first-order valence-electron chi connectivity index (χ1n) is 6.30. The van der Waals surface area contributed by atoms with Crippen molar-refractivity contribution < 1.29 is 9.53 Å². The number of carbonyl (C=O) groups excluding carboxylic acids is 1. The number of hydrogen-bond acceptors (Lipinski definition) is 4. The Balaban J connectivity index is 2.49. The van der Waals surface area contributed by atoms with Crippen LogP contribution in [-0.4, -0.2) is 28.1 Å². The monoisotopic (exact) mass is 263 g/mol. The van der Waals surface area contributed by atoms with Gasteiger partial charge in [0.25, 0.3) is 0 Å². The quantitative estimate of drug-likeness (QED) is 0.585. The molecule has 0 spiro atoms. The Hall–Kier alpha value is -1.91. The lowest BCUT2D eigenvalue weighted by Crippen LogP contribution is -2.01. The van der Waals surface area contributed by atoms with Gasteiger partial charge < -0.3 is 4.74 Å². The van der Waals surface area contributed by atoms with Crippen LogP contribution in [0.1, 0.15) is 44.1 Å². The van der Waals surface area contributed by atoms with Crippen LogP contribution in [0.4, 0.5) is 0 Å². The number of methoxy groups -OCH3 is 1. The first-order valence-corrected chi connectivity index (χ1v) is 6.30. The van der Waals surface area contributed by atoms with E-state index >= 15 is 0 Å². The van der Waals surface area contributed by atoms with Crippen molar-refractivity contribution in [3.05, 3.63) is 35.2 Å². The van der Waals surface area contributed by atoms with Gasteiger partial charge in [-0.2, -0.15) is 0 Å². The van der Waals surface area contributed by atoms with Crippen molar-refractivity contribution in [3.63, 3.8) is 0 Å². The second kappa shape index (κ2) is 7.51. The van der Waals surface area contributed by atoms with E-state index in [0.29, 0.717) is 6.54 Å². The Bertz CT molecular complexity index is 483. The maximum atomic E-state index is 11.2. The molecule has 0 aliphatic rings. The highest BCUT2D eigenvalue weighted by Crippen LogP contribution is 2.07. The van der Waals surface area contributed by atoms with Gasteiger partial charge >= 0.3 is 5.97 Å². The molecule has 1 aromatic heterocycles. The van der Waals surface area contributed by atoms with Gasteiger partial charge in [0.2, 0.25) is 0 Å². The van der Waals surface area contributed by atoms with E-state index in [1.807, 2.05) is 0 Å². The van der Waals surface area contributed by atoms with Crippen LogP contribution in [0.3, 0.4) is 0 Å². The van der Waals surface area contributed by atoms with E-state index in [1.54, 1.807) is 10.9 Å². The number of rotatable bonds is 6. The molecule has 0 fully saturated rings. The lowest BCUT2D eigenvalue weighted by atomic mass is 10.1. The van der Waals surface area contributed by atoms with Crippen LogP contribution in [0, 0.1) is 0 Å². The Morgan fingerprint density at radius 1 is 1.37 bits per heavy atom. The van der Waals surface area contributed by atoms with Crippen molar-refractivity contribution in [1.29, 1.82) is 0 Å². The van der Waals surface area contributed by atoms with E-state index in [1.165, 1.54) is 18.3 Å². The summed E-state index contributed by atoms with van der Waals surface area (Å²) in [4.78, 5) is 11.2. The standard InChI is InChI=1S/C14H21N3O2/c1-11(2)6-5-7-12(3)8-9-17-10-13(15-16-17)14(18)19-4/h6,8,10H,5,7,9H2,1-4H3/b12-8-. The SMILES string of the molecule is COC(=O)c1cn(C/C=C(/C)CCC=C(C)C)nn1. The number of hydrogen-bond donors (Lipinski definition) is 0. The maximum absolute atomic E-state index is 11.2. The Morgan fingerprint density at radius 2 is 2.11 bits per heavy atom. The summed E-state index contributed by atoms with van der Waals surface area (Å²) in [5.74, 6) is -0.462. The molecule has 0 saturated heterocycles. The van der Waals surface area contributed by atoms with Crippen LogP contribution in [0.2, 0.25) is 0 Å². The van der Waals surface area contributed by atoms with Gasteiger partial charge in [0.1, 0.15) is 0 Å². The van der Waals surface area contributed by atoms with Crippen LogP contribution in [0.5, 0.6) is 0 Å². The molecule has 1 aromatic rings. The van der Waals surface area contributed by atoms with Gasteiger partial charge in [0, 0.05) is 0 Å². The molecule has 0 saturated carbocycles. The number of nitrogens with zero attached hydrogens (tertiary/aromatic N) is 3. The molecule has 5 nitrogen and oxygen atoms in total. The molecule has 0 unspecified atom stereocenters. The first-order chi connectivity index (χ1) is 9.02. The summed E-state index contributed by atoms with van der Waals surface area (Å²) in [5.41, 5.74) is 2.87. The zero-order valence-corrected chi connectivity index (χ0v) is 12.0. The van der Waals surface area contributed by atoms with Gasteiger partial charge in [-0.15, -0.1) is 5.10 Å². The Morgan fingerprint density at radius 3 is 2.74 bits per heavy atom. The molecule has 0 aliphatic heterocycles. The van der Waals surface area contributed by atoms with Gasteiger partial charge in [0.05, 0.1) is 19.9 Å². The van der Waals surface area contributed by atoms with E-state index in [4.69, 9.17) is 0 Å². The molecule has 19 heavy (non-hydrogen) atoms. The lowest BCUT2D eigenvalue weighted by molar-refractivity contribution is 0.0594. The molecule has 0 bridgehead atoms. The summed E-state index contributed by atoms with van der Waals surface area (Å²) in [6.07, 6.45) is 7.99. The van der Waals surface area contributed by atoms with Crippen molar-refractivity contribution in [2.75, 3.05) is 7.11 Å². The topological polar surface area (TPSA) is 57.0 Å².